The summed E-state index contributed by atoms with van der Waals surface area (Å²) < 4.78 is 0. The van der Waals surface area contributed by atoms with E-state index in [1.807, 2.05) is 0 Å². The Balaban J connectivity index is 2.21. The maximum atomic E-state index is 12.5. The van der Waals surface area contributed by atoms with E-state index in [9.17, 15) is 15.0 Å². The molecule has 1 heterocycles. The van der Waals surface area contributed by atoms with E-state index in [0.717, 1.165) is 25.7 Å². The van der Waals surface area contributed by atoms with Crippen molar-refractivity contribution in [1.29, 1.82) is 0 Å². The molecule has 2 rings (SSSR count). The van der Waals surface area contributed by atoms with Gasteiger partial charge in [0.05, 0.1) is 5.56 Å². The molecule has 0 saturated carbocycles. The highest BCUT2D eigenvalue weighted by atomic mass is 35.5. The van der Waals surface area contributed by atoms with E-state index >= 15 is 0 Å². The number of phenolic OH excluding ortho intramolecular Hbond substituents is 2. The van der Waals surface area contributed by atoms with Crippen molar-refractivity contribution >= 4 is 17.5 Å². The number of hydrogen-bond donors (Lipinski definition) is 2. The Bertz CT molecular complexity index is 462. The Morgan fingerprint density at radius 1 is 1.37 bits per heavy atom. The van der Waals surface area contributed by atoms with Crippen molar-refractivity contribution in [3.63, 3.8) is 0 Å². The van der Waals surface area contributed by atoms with Gasteiger partial charge in [-0.3, -0.25) is 4.79 Å². The normalized spacial score (nSPS) is 19.4. The predicted molar refractivity (Wildman–Crippen MR) is 73.8 cm³/mol. The molecule has 1 aliphatic heterocycles. The van der Waals surface area contributed by atoms with Crippen LogP contribution in [0.2, 0.25) is 0 Å². The van der Waals surface area contributed by atoms with E-state index in [-0.39, 0.29) is 29.0 Å². The zero-order valence-electron chi connectivity index (χ0n) is 10.7. The summed E-state index contributed by atoms with van der Waals surface area (Å²) in [7, 11) is 0. The fourth-order valence-electron chi connectivity index (χ4n) is 2.55. The number of benzene rings is 1. The molecule has 0 aliphatic carbocycles. The first-order valence-corrected chi connectivity index (χ1v) is 7.06. The predicted octanol–water partition coefficient (Wildman–Crippen LogP) is 2.72. The largest absolute Gasteiger partial charge is 0.508 e. The lowest BCUT2D eigenvalue weighted by Gasteiger charge is -2.35. The molecule has 0 radical (unpaired) electrons. The average Bonchev–Trinajstić information content (AvgIpc) is 2.39. The number of piperidine rings is 1. The number of nitrogens with zero attached hydrogens (tertiary/aromatic N) is 1. The van der Waals surface area contributed by atoms with Crippen LogP contribution in [-0.2, 0) is 0 Å². The van der Waals surface area contributed by atoms with Gasteiger partial charge in [0, 0.05) is 24.5 Å². The Kier molecular flexibility index (Phi) is 4.53. The van der Waals surface area contributed by atoms with Crippen LogP contribution in [-0.4, -0.2) is 39.5 Å². The maximum absolute atomic E-state index is 12.5. The molecule has 0 spiro atoms. The molecule has 5 heteroatoms. The second-order valence-electron chi connectivity index (χ2n) is 4.83. The summed E-state index contributed by atoms with van der Waals surface area (Å²) in [6.07, 6.45) is 3.81. The highest BCUT2D eigenvalue weighted by Crippen LogP contribution is 2.27. The standard InChI is InChI=1S/C14H18ClNO3/c15-7-6-10-3-1-2-8-16(10)14(19)12-5-4-11(17)9-13(12)18/h4-5,9-10,17-18H,1-3,6-8H2. The van der Waals surface area contributed by atoms with Crippen molar-refractivity contribution in [2.24, 2.45) is 0 Å². The average molecular weight is 284 g/mol. The Labute approximate surface area is 117 Å². The zero-order chi connectivity index (χ0) is 13.8. The number of phenols is 2. The van der Waals surface area contributed by atoms with E-state index < -0.39 is 0 Å². The Morgan fingerprint density at radius 2 is 2.16 bits per heavy atom. The summed E-state index contributed by atoms with van der Waals surface area (Å²) in [5, 5.41) is 19.0. The van der Waals surface area contributed by atoms with Crippen molar-refractivity contribution in [1.82, 2.24) is 4.90 Å². The summed E-state index contributed by atoms with van der Waals surface area (Å²) in [6, 6.07) is 4.20. The lowest BCUT2D eigenvalue weighted by molar-refractivity contribution is 0.0606. The van der Waals surface area contributed by atoms with Crippen LogP contribution >= 0.6 is 11.6 Å². The molecule has 0 aromatic heterocycles. The molecule has 0 bridgehead atoms. The Hall–Kier alpha value is -1.42. The van der Waals surface area contributed by atoms with Crippen LogP contribution in [0.5, 0.6) is 11.5 Å². The molecule has 1 aromatic rings. The zero-order valence-corrected chi connectivity index (χ0v) is 11.4. The van der Waals surface area contributed by atoms with Crippen LogP contribution in [0.25, 0.3) is 0 Å². The number of likely N-dealkylation sites (tertiary alicyclic amines) is 1. The van der Waals surface area contributed by atoms with Crippen LogP contribution in [0.15, 0.2) is 18.2 Å². The van der Waals surface area contributed by atoms with Gasteiger partial charge in [0.15, 0.2) is 0 Å². The number of hydrogen-bond acceptors (Lipinski definition) is 3. The number of alkyl halides is 1. The fraction of sp³-hybridized carbons (Fsp3) is 0.500. The lowest BCUT2D eigenvalue weighted by Crippen LogP contribution is -2.44. The second kappa shape index (κ2) is 6.15. The van der Waals surface area contributed by atoms with E-state index in [1.165, 1.54) is 18.2 Å². The Morgan fingerprint density at radius 3 is 2.84 bits per heavy atom. The minimum Gasteiger partial charge on any atom is -0.508 e. The van der Waals surface area contributed by atoms with E-state index in [0.29, 0.717) is 12.4 Å². The summed E-state index contributed by atoms with van der Waals surface area (Å²) in [5.41, 5.74) is 0.235. The third-order valence-corrected chi connectivity index (χ3v) is 3.76. The number of amides is 1. The molecular formula is C14H18ClNO3. The van der Waals surface area contributed by atoms with Gasteiger partial charge in [-0.05, 0) is 37.8 Å². The van der Waals surface area contributed by atoms with Crippen molar-refractivity contribution < 1.29 is 15.0 Å². The quantitative estimate of drug-likeness (QED) is 0.839. The molecule has 4 nitrogen and oxygen atoms in total. The summed E-state index contributed by atoms with van der Waals surface area (Å²) in [4.78, 5) is 14.2. The topological polar surface area (TPSA) is 60.8 Å². The summed E-state index contributed by atoms with van der Waals surface area (Å²) in [6.45, 7) is 0.695. The van der Waals surface area contributed by atoms with Gasteiger partial charge in [0.25, 0.3) is 5.91 Å². The first-order valence-electron chi connectivity index (χ1n) is 6.52. The van der Waals surface area contributed by atoms with Crippen LogP contribution in [0.4, 0.5) is 0 Å². The first kappa shape index (κ1) is 14.0. The van der Waals surface area contributed by atoms with Crippen molar-refractivity contribution in [2.75, 3.05) is 12.4 Å². The smallest absolute Gasteiger partial charge is 0.257 e. The van der Waals surface area contributed by atoms with Crippen LogP contribution in [0.3, 0.4) is 0 Å². The third-order valence-electron chi connectivity index (χ3n) is 3.54. The molecule has 1 aromatic carbocycles. The molecule has 1 amide bonds. The number of carbonyl (C=O) groups is 1. The van der Waals surface area contributed by atoms with Gasteiger partial charge in [-0.25, -0.2) is 0 Å². The van der Waals surface area contributed by atoms with Gasteiger partial charge in [-0.15, -0.1) is 11.6 Å². The number of aromatic hydroxyl groups is 2. The first-order chi connectivity index (χ1) is 9.13. The van der Waals surface area contributed by atoms with Crippen LogP contribution in [0.1, 0.15) is 36.0 Å². The molecule has 104 valence electrons. The van der Waals surface area contributed by atoms with E-state index in [2.05, 4.69) is 0 Å². The van der Waals surface area contributed by atoms with Crippen molar-refractivity contribution in [3.8, 4) is 11.5 Å². The molecular weight excluding hydrogens is 266 g/mol. The van der Waals surface area contributed by atoms with Gasteiger partial charge in [-0.2, -0.15) is 0 Å². The maximum Gasteiger partial charge on any atom is 0.257 e. The van der Waals surface area contributed by atoms with Gasteiger partial charge < -0.3 is 15.1 Å². The monoisotopic (exact) mass is 283 g/mol. The number of halogens is 1. The van der Waals surface area contributed by atoms with Gasteiger partial charge in [0.2, 0.25) is 0 Å². The molecule has 1 atom stereocenters. The highest BCUT2D eigenvalue weighted by molar-refractivity contribution is 6.17. The van der Waals surface area contributed by atoms with Crippen LogP contribution in [0, 0.1) is 0 Å². The molecule has 1 unspecified atom stereocenters. The SMILES string of the molecule is O=C(c1ccc(O)cc1O)N1CCCCC1CCCl. The fourth-order valence-corrected chi connectivity index (χ4v) is 2.80. The van der Waals surface area contributed by atoms with Crippen LogP contribution < -0.4 is 0 Å². The van der Waals surface area contributed by atoms with E-state index in [1.54, 1.807) is 4.90 Å². The third kappa shape index (κ3) is 3.13. The van der Waals surface area contributed by atoms with Crippen molar-refractivity contribution in [2.45, 2.75) is 31.7 Å². The molecule has 1 saturated heterocycles. The number of rotatable bonds is 3. The van der Waals surface area contributed by atoms with Gasteiger partial charge in [0.1, 0.15) is 11.5 Å². The molecule has 1 aliphatic rings. The lowest BCUT2D eigenvalue weighted by atomic mass is 9.98. The molecule has 19 heavy (non-hydrogen) atoms. The minimum atomic E-state index is -0.188. The highest BCUT2D eigenvalue weighted by Gasteiger charge is 2.28. The van der Waals surface area contributed by atoms with Gasteiger partial charge >= 0.3 is 0 Å². The summed E-state index contributed by atoms with van der Waals surface area (Å²) >= 11 is 5.78. The number of carbonyl (C=O) groups excluding carboxylic acids is 1. The molecule has 2 N–H and O–H groups in total. The summed E-state index contributed by atoms with van der Waals surface area (Å²) in [5.74, 6) is 0.105. The minimum absolute atomic E-state index is 0.0509. The van der Waals surface area contributed by atoms with Crippen molar-refractivity contribution in [3.05, 3.63) is 23.8 Å². The van der Waals surface area contributed by atoms with Gasteiger partial charge in [-0.1, -0.05) is 0 Å². The molecule has 1 fully saturated rings. The van der Waals surface area contributed by atoms with E-state index in [4.69, 9.17) is 11.6 Å². The second-order valence-corrected chi connectivity index (χ2v) is 5.21.